The number of morpholine rings is 1. The van der Waals surface area contributed by atoms with Gasteiger partial charge in [-0.25, -0.2) is 0 Å². The predicted octanol–water partition coefficient (Wildman–Crippen LogP) is 2.47. The molecule has 82 valence electrons. The van der Waals surface area contributed by atoms with Crippen molar-refractivity contribution in [1.29, 1.82) is 0 Å². The summed E-state index contributed by atoms with van der Waals surface area (Å²) in [5.41, 5.74) is 1.29. The van der Waals surface area contributed by atoms with Crippen LogP contribution in [0.1, 0.15) is 25.5 Å². The average Bonchev–Trinajstić information content (AvgIpc) is 2.29. The van der Waals surface area contributed by atoms with E-state index >= 15 is 0 Å². The zero-order valence-corrected chi connectivity index (χ0v) is 9.52. The Bertz CT molecular complexity index is 299. The first-order chi connectivity index (χ1) is 7.29. The van der Waals surface area contributed by atoms with E-state index in [-0.39, 0.29) is 6.10 Å². The number of hydrogen-bond donors (Lipinski definition) is 0. The van der Waals surface area contributed by atoms with E-state index < -0.39 is 0 Å². The largest absolute Gasteiger partial charge is 0.368 e. The van der Waals surface area contributed by atoms with Crippen molar-refractivity contribution in [2.75, 3.05) is 19.6 Å². The molecule has 1 heterocycles. The van der Waals surface area contributed by atoms with Crippen LogP contribution in [0, 0.1) is 0 Å². The number of rotatable bonds is 2. The van der Waals surface area contributed by atoms with Gasteiger partial charge in [0, 0.05) is 13.1 Å². The molecule has 1 aliphatic heterocycles. The molecule has 0 N–H and O–H groups in total. The molecule has 1 unspecified atom stereocenters. The van der Waals surface area contributed by atoms with Crippen molar-refractivity contribution in [1.82, 2.24) is 4.90 Å². The maximum Gasteiger partial charge on any atom is 0.0956 e. The van der Waals surface area contributed by atoms with E-state index in [1.54, 1.807) is 0 Å². The van der Waals surface area contributed by atoms with E-state index in [1.165, 1.54) is 5.56 Å². The van der Waals surface area contributed by atoms with Crippen molar-refractivity contribution in [3.05, 3.63) is 35.9 Å². The second kappa shape index (κ2) is 4.77. The highest BCUT2D eigenvalue weighted by Gasteiger charge is 2.24. The molecule has 2 heteroatoms. The molecular weight excluding hydrogens is 186 g/mol. The maximum absolute atomic E-state index is 5.96. The lowest BCUT2D eigenvalue weighted by Crippen LogP contribution is -2.42. The van der Waals surface area contributed by atoms with Crippen molar-refractivity contribution >= 4 is 0 Å². The van der Waals surface area contributed by atoms with Crippen LogP contribution in [-0.4, -0.2) is 30.6 Å². The number of ether oxygens (including phenoxy) is 1. The fourth-order valence-corrected chi connectivity index (χ4v) is 2.15. The fraction of sp³-hybridized carbons (Fsp3) is 0.538. The molecule has 1 aromatic carbocycles. The Balaban J connectivity index is 2.09. The van der Waals surface area contributed by atoms with Crippen molar-refractivity contribution in [3.63, 3.8) is 0 Å². The molecule has 0 amide bonds. The molecule has 0 radical (unpaired) electrons. The zero-order chi connectivity index (χ0) is 10.7. The van der Waals surface area contributed by atoms with E-state index in [1.807, 2.05) is 6.07 Å². The second-order valence-electron chi connectivity index (χ2n) is 4.20. The summed E-state index contributed by atoms with van der Waals surface area (Å²) in [6.07, 6.45) is 0.582. The summed E-state index contributed by atoms with van der Waals surface area (Å²) < 4.78 is 5.96. The van der Waals surface area contributed by atoms with E-state index in [0.29, 0.717) is 6.10 Å². The topological polar surface area (TPSA) is 12.5 Å². The molecular formula is C13H19NO. The predicted molar refractivity (Wildman–Crippen MR) is 61.8 cm³/mol. The van der Waals surface area contributed by atoms with Gasteiger partial charge >= 0.3 is 0 Å². The van der Waals surface area contributed by atoms with Gasteiger partial charge in [-0.1, -0.05) is 37.3 Å². The lowest BCUT2D eigenvalue weighted by molar-refractivity contribution is -0.0774. The Hall–Kier alpha value is -0.860. The fourth-order valence-electron chi connectivity index (χ4n) is 2.15. The van der Waals surface area contributed by atoms with Crippen molar-refractivity contribution < 1.29 is 4.74 Å². The van der Waals surface area contributed by atoms with Crippen LogP contribution < -0.4 is 0 Å². The number of likely N-dealkylation sites (N-methyl/N-ethyl adjacent to an activating group) is 1. The van der Waals surface area contributed by atoms with Crippen LogP contribution in [0.3, 0.4) is 0 Å². The smallest absolute Gasteiger partial charge is 0.0956 e. The minimum absolute atomic E-state index is 0.245. The van der Waals surface area contributed by atoms with E-state index in [2.05, 4.69) is 43.0 Å². The summed E-state index contributed by atoms with van der Waals surface area (Å²) in [6, 6.07) is 10.5. The highest BCUT2D eigenvalue weighted by molar-refractivity contribution is 5.18. The lowest BCUT2D eigenvalue weighted by Gasteiger charge is -2.36. The first-order valence-electron chi connectivity index (χ1n) is 5.72. The van der Waals surface area contributed by atoms with Crippen LogP contribution in [-0.2, 0) is 4.74 Å². The van der Waals surface area contributed by atoms with Gasteiger partial charge in [0.25, 0.3) is 0 Å². The summed E-state index contributed by atoms with van der Waals surface area (Å²) >= 11 is 0. The summed E-state index contributed by atoms with van der Waals surface area (Å²) in [7, 11) is 0. The van der Waals surface area contributed by atoms with Gasteiger partial charge < -0.3 is 4.74 Å². The minimum Gasteiger partial charge on any atom is -0.368 e. The van der Waals surface area contributed by atoms with Gasteiger partial charge in [0.15, 0.2) is 0 Å². The van der Waals surface area contributed by atoms with Crippen LogP contribution in [0.25, 0.3) is 0 Å². The average molecular weight is 205 g/mol. The molecule has 0 spiro atoms. The van der Waals surface area contributed by atoms with Crippen molar-refractivity contribution in [3.8, 4) is 0 Å². The molecule has 0 saturated carbocycles. The monoisotopic (exact) mass is 205 g/mol. The van der Waals surface area contributed by atoms with Crippen LogP contribution in [0.2, 0.25) is 0 Å². The SMILES string of the molecule is CCN1CC(C)O[C@H](c2ccccc2)C1. The first kappa shape index (κ1) is 10.7. The lowest BCUT2D eigenvalue weighted by atomic mass is 10.1. The number of hydrogen-bond acceptors (Lipinski definition) is 2. The standard InChI is InChI=1S/C13H19NO/c1-3-14-9-11(2)15-13(10-14)12-7-5-4-6-8-12/h4-8,11,13H,3,9-10H2,1-2H3/t11?,13-/m0/s1. The van der Waals surface area contributed by atoms with Crippen molar-refractivity contribution in [2.45, 2.75) is 26.1 Å². The zero-order valence-electron chi connectivity index (χ0n) is 9.52. The maximum atomic E-state index is 5.96. The van der Waals surface area contributed by atoms with E-state index in [4.69, 9.17) is 4.74 Å². The van der Waals surface area contributed by atoms with Crippen LogP contribution >= 0.6 is 0 Å². The van der Waals surface area contributed by atoms with Gasteiger partial charge in [-0.15, -0.1) is 0 Å². The molecule has 2 nitrogen and oxygen atoms in total. The van der Waals surface area contributed by atoms with Crippen LogP contribution in [0.4, 0.5) is 0 Å². The first-order valence-corrected chi connectivity index (χ1v) is 5.72. The molecule has 1 aromatic rings. The van der Waals surface area contributed by atoms with E-state index in [0.717, 1.165) is 19.6 Å². The Morgan fingerprint density at radius 3 is 2.67 bits per heavy atom. The molecule has 0 aromatic heterocycles. The van der Waals surface area contributed by atoms with Gasteiger partial charge in [-0.05, 0) is 19.0 Å². The Kier molecular flexibility index (Phi) is 3.39. The Morgan fingerprint density at radius 1 is 1.27 bits per heavy atom. The summed E-state index contributed by atoms with van der Waals surface area (Å²) in [6.45, 7) is 7.54. The molecule has 1 fully saturated rings. The number of benzene rings is 1. The summed E-state index contributed by atoms with van der Waals surface area (Å²) in [5.74, 6) is 0. The van der Waals surface area contributed by atoms with Crippen molar-refractivity contribution in [2.24, 2.45) is 0 Å². The van der Waals surface area contributed by atoms with Gasteiger partial charge in [0.2, 0.25) is 0 Å². The van der Waals surface area contributed by atoms with Gasteiger partial charge in [0.05, 0.1) is 12.2 Å². The second-order valence-corrected chi connectivity index (χ2v) is 4.20. The minimum atomic E-state index is 0.245. The highest BCUT2D eigenvalue weighted by Crippen LogP contribution is 2.24. The molecule has 0 bridgehead atoms. The third-order valence-electron chi connectivity index (χ3n) is 2.95. The van der Waals surface area contributed by atoms with E-state index in [9.17, 15) is 0 Å². The Morgan fingerprint density at radius 2 is 2.00 bits per heavy atom. The molecule has 2 rings (SSSR count). The summed E-state index contributed by atoms with van der Waals surface area (Å²) in [4.78, 5) is 2.45. The highest BCUT2D eigenvalue weighted by atomic mass is 16.5. The van der Waals surface area contributed by atoms with Gasteiger partial charge in [-0.2, -0.15) is 0 Å². The number of nitrogens with zero attached hydrogens (tertiary/aromatic N) is 1. The molecule has 2 atom stereocenters. The van der Waals surface area contributed by atoms with Crippen LogP contribution in [0.5, 0.6) is 0 Å². The quantitative estimate of drug-likeness (QED) is 0.735. The summed E-state index contributed by atoms with van der Waals surface area (Å²) in [5, 5.41) is 0. The molecule has 15 heavy (non-hydrogen) atoms. The third kappa shape index (κ3) is 2.58. The van der Waals surface area contributed by atoms with Gasteiger partial charge in [-0.3, -0.25) is 4.90 Å². The molecule has 1 saturated heterocycles. The van der Waals surface area contributed by atoms with Gasteiger partial charge in [0.1, 0.15) is 0 Å². The van der Waals surface area contributed by atoms with Crippen LogP contribution in [0.15, 0.2) is 30.3 Å². The molecule has 1 aliphatic rings. The third-order valence-corrected chi connectivity index (χ3v) is 2.95. The Labute approximate surface area is 91.9 Å². The normalized spacial score (nSPS) is 27.9. The molecule has 0 aliphatic carbocycles.